The zero-order chi connectivity index (χ0) is 28.7. The van der Waals surface area contributed by atoms with Crippen molar-refractivity contribution in [2.45, 2.75) is 37.4 Å². The van der Waals surface area contributed by atoms with Crippen LogP contribution in [-0.2, 0) is 17.1 Å². The van der Waals surface area contributed by atoms with E-state index < -0.39 is 10.0 Å². The summed E-state index contributed by atoms with van der Waals surface area (Å²) in [5, 5.41) is 14.8. The van der Waals surface area contributed by atoms with E-state index in [-0.39, 0.29) is 5.25 Å². The molecule has 0 radical (unpaired) electrons. The van der Waals surface area contributed by atoms with E-state index in [1.165, 1.54) is 25.2 Å². The normalized spacial score (nSPS) is 18.2. The van der Waals surface area contributed by atoms with Gasteiger partial charge in [0.25, 0.3) is 10.0 Å². The average Bonchev–Trinajstić information content (AvgIpc) is 3.39. The first-order valence-corrected chi connectivity index (χ1v) is 15.7. The van der Waals surface area contributed by atoms with Crippen LogP contribution >= 0.6 is 0 Å². The highest BCUT2D eigenvalue weighted by Gasteiger charge is 2.40. The Labute approximate surface area is 244 Å². The van der Waals surface area contributed by atoms with Crippen LogP contribution < -0.4 is 15.5 Å². The van der Waals surface area contributed by atoms with Crippen molar-refractivity contribution < 1.29 is 8.42 Å². The van der Waals surface area contributed by atoms with E-state index in [1.807, 2.05) is 25.5 Å². The van der Waals surface area contributed by atoms with E-state index >= 15 is 0 Å². The van der Waals surface area contributed by atoms with Crippen LogP contribution in [0.3, 0.4) is 0 Å². The van der Waals surface area contributed by atoms with Crippen LogP contribution in [0.25, 0.3) is 11.4 Å². The molecule has 6 heterocycles. The number of rotatable bonds is 6. The van der Waals surface area contributed by atoms with Crippen molar-refractivity contribution >= 4 is 27.3 Å². The third-order valence-electron chi connectivity index (χ3n) is 8.31. The molecule has 0 amide bonds. The third kappa shape index (κ3) is 5.35. The Morgan fingerprint density at radius 1 is 1.02 bits per heavy atom. The predicted molar refractivity (Wildman–Crippen MR) is 159 cm³/mol. The van der Waals surface area contributed by atoms with Gasteiger partial charge in [0.1, 0.15) is 11.6 Å². The molecular weight excluding hydrogens is 552 g/mol. The molecule has 3 fully saturated rings. The Morgan fingerprint density at radius 3 is 2.67 bits per heavy atom. The van der Waals surface area contributed by atoms with Crippen molar-refractivity contribution in [1.82, 2.24) is 39.2 Å². The molecule has 1 aliphatic carbocycles. The largest absolute Gasteiger partial charge is 0.370 e. The first kappa shape index (κ1) is 26.6. The second-order valence-corrected chi connectivity index (χ2v) is 13.5. The molecule has 0 bridgehead atoms. The van der Waals surface area contributed by atoms with Crippen molar-refractivity contribution in [2.24, 2.45) is 12.5 Å². The van der Waals surface area contributed by atoms with Gasteiger partial charge in [0.05, 0.1) is 46.2 Å². The van der Waals surface area contributed by atoms with Crippen molar-refractivity contribution in [3.8, 4) is 23.2 Å². The van der Waals surface area contributed by atoms with E-state index in [2.05, 4.69) is 52.5 Å². The molecule has 2 aliphatic heterocycles. The van der Waals surface area contributed by atoms with Crippen LogP contribution in [0.1, 0.15) is 43.2 Å². The SMILES string of the molecule is Cn1cc(C#Cc2cnc(Nc3ccnc(-c4cnn(S(=O)(=O)C5CC5)c4)n3)cc2N2CCC3(CCNCC3)C2)cn1. The van der Waals surface area contributed by atoms with E-state index in [0.717, 1.165) is 53.5 Å². The monoisotopic (exact) mass is 584 g/mol. The molecule has 4 aromatic heterocycles. The lowest BCUT2D eigenvalue weighted by Gasteiger charge is -2.34. The number of aromatic nitrogens is 7. The van der Waals surface area contributed by atoms with E-state index in [0.29, 0.717) is 41.3 Å². The van der Waals surface area contributed by atoms with Crippen molar-refractivity contribution in [3.63, 3.8) is 0 Å². The number of aryl methyl sites for hydroxylation is 1. The van der Waals surface area contributed by atoms with E-state index in [9.17, 15) is 8.42 Å². The molecule has 216 valence electrons. The van der Waals surface area contributed by atoms with Gasteiger partial charge in [-0.25, -0.2) is 23.4 Å². The summed E-state index contributed by atoms with van der Waals surface area (Å²) in [6.07, 6.45) is 14.9. The second-order valence-electron chi connectivity index (χ2n) is 11.4. The maximum absolute atomic E-state index is 12.6. The van der Waals surface area contributed by atoms with Crippen LogP contribution in [0.15, 0.2) is 49.3 Å². The van der Waals surface area contributed by atoms with Gasteiger partial charge in [-0.15, -0.1) is 0 Å². The minimum atomic E-state index is -3.46. The van der Waals surface area contributed by atoms with Crippen molar-refractivity contribution in [1.29, 1.82) is 0 Å². The fourth-order valence-electron chi connectivity index (χ4n) is 5.78. The lowest BCUT2D eigenvalue weighted by atomic mass is 9.78. The summed E-state index contributed by atoms with van der Waals surface area (Å²) in [6, 6.07) is 3.79. The van der Waals surface area contributed by atoms with Gasteiger partial charge < -0.3 is 15.5 Å². The Bertz CT molecular complexity index is 1790. The van der Waals surface area contributed by atoms with Crippen LogP contribution in [0, 0.1) is 17.3 Å². The standard InChI is InChI=1S/C29H32N10O2S/c1-37-18-21(15-33-37)2-3-22-16-32-27(14-25(22)38-13-9-29(20-38)7-11-30-12-8-29)35-26-6-10-31-28(36-26)23-17-34-39(19-23)42(40,41)24-4-5-24/h6,10,14-19,24,30H,4-5,7-9,11-13,20H2,1H3,(H,31,32,35,36). The van der Waals surface area contributed by atoms with Gasteiger partial charge in [-0.1, -0.05) is 11.8 Å². The van der Waals surface area contributed by atoms with Gasteiger partial charge in [0, 0.05) is 44.8 Å². The molecule has 2 N–H and O–H groups in total. The van der Waals surface area contributed by atoms with Gasteiger partial charge >= 0.3 is 0 Å². The fraction of sp³-hybridized carbons (Fsp3) is 0.414. The molecule has 42 heavy (non-hydrogen) atoms. The summed E-state index contributed by atoms with van der Waals surface area (Å²) in [4.78, 5) is 16.1. The Morgan fingerprint density at radius 2 is 1.88 bits per heavy atom. The molecular formula is C29H32N10O2S. The maximum Gasteiger partial charge on any atom is 0.256 e. The summed E-state index contributed by atoms with van der Waals surface area (Å²) >= 11 is 0. The minimum absolute atomic E-state index is 0.329. The predicted octanol–water partition coefficient (Wildman–Crippen LogP) is 2.53. The first-order chi connectivity index (χ1) is 20.4. The van der Waals surface area contributed by atoms with Crippen LogP contribution in [0.4, 0.5) is 17.3 Å². The average molecular weight is 585 g/mol. The molecule has 13 heteroatoms. The zero-order valence-electron chi connectivity index (χ0n) is 23.4. The molecule has 0 atom stereocenters. The Kier molecular flexibility index (Phi) is 6.67. The number of nitrogens with zero attached hydrogens (tertiary/aromatic N) is 8. The van der Waals surface area contributed by atoms with Crippen molar-refractivity contribution in [2.75, 3.05) is 36.4 Å². The molecule has 7 rings (SSSR count). The molecule has 12 nitrogen and oxygen atoms in total. The third-order valence-corrected chi connectivity index (χ3v) is 10.3. The molecule has 2 saturated heterocycles. The summed E-state index contributed by atoms with van der Waals surface area (Å²) in [7, 11) is -1.58. The first-order valence-electron chi connectivity index (χ1n) is 14.2. The molecule has 1 saturated carbocycles. The lowest BCUT2D eigenvalue weighted by Crippen LogP contribution is -2.38. The summed E-state index contributed by atoms with van der Waals surface area (Å²) in [5.41, 5.74) is 3.61. The molecule has 0 unspecified atom stereocenters. The molecule has 1 spiro atoms. The van der Waals surface area contributed by atoms with Crippen LogP contribution in [-0.4, -0.2) is 73.8 Å². The van der Waals surface area contributed by atoms with Gasteiger partial charge in [-0.3, -0.25) is 4.68 Å². The van der Waals surface area contributed by atoms with Gasteiger partial charge in [-0.05, 0) is 56.7 Å². The number of anilines is 3. The smallest absolute Gasteiger partial charge is 0.256 e. The zero-order valence-corrected chi connectivity index (χ0v) is 24.2. The Hall–Kier alpha value is -4.28. The van der Waals surface area contributed by atoms with Crippen LogP contribution in [0.2, 0.25) is 0 Å². The van der Waals surface area contributed by atoms with E-state index in [4.69, 9.17) is 0 Å². The van der Waals surface area contributed by atoms with E-state index in [1.54, 1.807) is 23.1 Å². The fourth-order valence-corrected chi connectivity index (χ4v) is 7.26. The minimum Gasteiger partial charge on any atom is -0.370 e. The number of piperidine rings is 1. The van der Waals surface area contributed by atoms with Gasteiger partial charge in [0.2, 0.25) is 0 Å². The maximum atomic E-state index is 12.6. The highest BCUT2D eigenvalue weighted by molar-refractivity contribution is 7.90. The van der Waals surface area contributed by atoms with Gasteiger partial charge in [-0.2, -0.15) is 14.3 Å². The molecule has 0 aromatic carbocycles. The highest BCUT2D eigenvalue weighted by atomic mass is 32.2. The lowest BCUT2D eigenvalue weighted by molar-refractivity contribution is 0.232. The number of hydrogen-bond acceptors (Lipinski definition) is 10. The van der Waals surface area contributed by atoms with Gasteiger partial charge in [0.15, 0.2) is 5.82 Å². The number of pyridine rings is 1. The topological polar surface area (TPSA) is 136 Å². The second kappa shape index (κ2) is 10.5. The van der Waals surface area contributed by atoms with Crippen molar-refractivity contribution in [3.05, 3.63) is 60.4 Å². The quantitative estimate of drug-likeness (QED) is 0.326. The highest BCUT2D eigenvalue weighted by Crippen LogP contribution is 2.41. The molecule has 4 aromatic rings. The summed E-state index contributed by atoms with van der Waals surface area (Å²) in [6.45, 7) is 4.08. The summed E-state index contributed by atoms with van der Waals surface area (Å²) < 4.78 is 27.9. The molecule has 3 aliphatic rings. The summed E-state index contributed by atoms with van der Waals surface area (Å²) in [5.74, 6) is 8.12. The number of hydrogen-bond donors (Lipinski definition) is 2. The Balaban J connectivity index is 1.16. The number of nitrogens with one attached hydrogen (secondary N) is 2. The van der Waals surface area contributed by atoms with Crippen LogP contribution in [0.5, 0.6) is 0 Å².